The standard InChI is InChI=1S/C30H26N2O3/c1-17-6-3-4-7-21(17)22-8-5-9-23(18(22)2)28-13-19-12-25-24(26(14-31)29(19)35-28)10-11-27(25)32-15-20(16-32)30(33)34/h3-9,12-13,20,27H,10-11,15-16H2,1-2H3,(H,33,34). The lowest BCUT2D eigenvalue weighted by Crippen LogP contribution is -2.51. The van der Waals surface area contributed by atoms with Crippen LogP contribution < -0.4 is 0 Å². The molecule has 3 aromatic carbocycles. The van der Waals surface area contributed by atoms with Gasteiger partial charge in [-0.1, -0.05) is 42.5 Å². The summed E-state index contributed by atoms with van der Waals surface area (Å²) < 4.78 is 6.37. The first-order chi connectivity index (χ1) is 17.0. The van der Waals surface area contributed by atoms with Crippen LogP contribution in [0.25, 0.3) is 33.4 Å². The van der Waals surface area contributed by atoms with Crippen LogP contribution in [0.3, 0.4) is 0 Å². The predicted molar refractivity (Wildman–Crippen MR) is 135 cm³/mol. The molecule has 1 saturated heterocycles. The van der Waals surface area contributed by atoms with Crippen LogP contribution in [-0.2, 0) is 11.2 Å². The number of benzene rings is 3. The molecule has 4 aromatic rings. The first-order valence-electron chi connectivity index (χ1n) is 12.1. The number of aliphatic carboxylic acids is 1. The van der Waals surface area contributed by atoms with Crippen molar-refractivity contribution in [1.29, 1.82) is 5.26 Å². The molecular weight excluding hydrogens is 436 g/mol. The molecule has 2 heterocycles. The molecule has 0 saturated carbocycles. The molecule has 1 aliphatic heterocycles. The van der Waals surface area contributed by atoms with Gasteiger partial charge in [0.25, 0.3) is 0 Å². The highest BCUT2D eigenvalue weighted by Crippen LogP contribution is 2.45. The Hall–Kier alpha value is -3.88. The maximum atomic E-state index is 11.3. The van der Waals surface area contributed by atoms with Crippen molar-refractivity contribution in [1.82, 2.24) is 4.90 Å². The Kier molecular flexibility index (Phi) is 5.01. The Labute approximate surface area is 204 Å². The van der Waals surface area contributed by atoms with Gasteiger partial charge in [-0.15, -0.1) is 0 Å². The summed E-state index contributed by atoms with van der Waals surface area (Å²) in [4.78, 5) is 13.5. The molecule has 6 rings (SSSR count). The van der Waals surface area contributed by atoms with E-state index in [1.165, 1.54) is 16.7 Å². The minimum Gasteiger partial charge on any atom is -0.481 e. The number of furan rings is 1. The molecule has 0 amide bonds. The molecule has 1 unspecified atom stereocenters. The quantitative estimate of drug-likeness (QED) is 0.387. The van der Waals surface area contributed by atoms with Crippen LogP contribution in [0.2, 0.25) is 0 Å². The predicted octanol–water partition coefficient (Wildman–Crippen LogP) is 6.26. The fourth-order valence-electron chi connectivity index (χ4n) is 5.87. The van der Waals surface area contributed by atoms with Crippen LogP contribution in [-0.4, -0.2) is 29.1 Å². The lowest BCUT2D eigenvalue weighted by Gasteiger charge is -2.41. The van der Waals surface area contributed by atoms with Crippen LogP contribution in [0.1, 0.15) is 40.3 Å². The van der Waals surface area contributed by atoms with Gasteiger partial charge in [0, 0.05) is 30.1 Å². The van der Waals surface area contributed by atoms with Crippen LogP contribution in [0.15, 0.2) is 59.0 Å². The van der Waals surface area contributed by atoms with Gasteiger partial charge >= 0.3 is 5.97 Å². The van der Waals surface area contributed by atoms with Gasteiger partial charge in [0.2, 0.25) is 0 Å². The first kappa shape index (κ1) is 21.6. The monoisotopic (exact) mass is 462 g/mol. The molecule has 1 fully saturated rings. The summed E-state index contributed by atoms with van der Waals surface area (Å²) in [6, 6.07) is 21.4. The number of hydrogen-bond donors (Lipinski definition) is 1. The fourth-order valence-corrected chi connectivity index (χ4v) is 5.87. The van der Waals surface area contributed by atoms with Crippen LogP contribution >= 0.6 is 0 Å². The maximum absolute atomic E-state index is 11.3. The number of nitriles is 1. The molecule has 2 aliphatic rings. The zero-order valence-electron chi connectivity index (χ0n) is 19.8. The van der Waals surface area contributed by atoms with E-state index in [-0.39, 0.29) is 12.0 Å². The zero-order chi connectivity index (χ0) is 24.3. The summed E-state index contributed by atoms with van der Waals surface area (Å²) in [6.07, 6.45) is 1.72. The van der Waals surface area contributed by atoms with Crippen molar-refractivity contribution < 1.29 is 14.3 Å². The van der Waals surface area contributed by atoms with Crippen molar-refractivity contribution in [3.8, 4) is 28.5 Å². The highest BCUT2D eigenvalue weighted by Gasteiger charge is 2.40. The molecule has 35 heavy (non-hydrogen) atoms. The second-order valence-electron chi connectivity index (χ2n) is 9.80. The molecule has 174 valence electrons. The number of carboxylic acid groups (broad SMARTS) is 1. The van der Waals surface area contributed by atoms with Crippen LogP contribution in [0, 0.1) is 31.1 Å². The van der Waals surface area contributed by atoms with Gasteiger partial charge in [-0.05, 0) is 72.2 Å². The first-order valence-corrected chi connectivity index (χ1v) is 12.1. The second kappa shape index (κ2) is 8.11. The molecular formula is C30H26N2O3. The third kappa shape index (κ3) is 3.37. The van der Waals surface area contributed by atoms with Gasteiger partial charge < -0.3 is 9.52 Å². The number of rotatable bonds is 4. The summed E-state index contributed by atoms with van der Waals surface area (Å²) in [7, 11) is 0. The minimum atomic E-state index is -0.726. The normalized spacial score (nSPS) is 17.8. The summed E-state index contributed by atoms with van der Waals surface area (Å²) >= 11 is 0. The fraction of sp³-hybridized carbons (Fsp3) is 0.267. The maximum Gasteiger partial charge on any atom is 0.309 e. The molecule has 5 nitrogen and oxygen atoms in total. The van der Waals surface area contributed by atoms with E-state index in [4.69, 9.17) is 4.42 Å². The smallest absolute Gasteiger partial charge is 0.309 e. The summed E-state index contributed by atoms with van der Waals surface area (Å²) in [5.41, 5.74) is 9.24. The Balaban J connectivity index is 1.43. The number of fused-ring (bicyclic) bond motifs is 2. The molecule has 0 bridgehead atoms. The van der Waals surface area contributed by atoms with Crippen LogP contribution in [0.5, 0.6) is 0 Å². The van der Waals surface area contributed by atoms with E-state index in [0.717, 1.165) is 46.2 Å². The van der Waals surface area contributed by atoms with Gasteiger partial charge in [-0.3, -0.25) is 9.69 Å². The van der Waals surface area contributed by atoms with E-state index < -0.39 is 5.97 Å². The van der Waals surface area contributed by atoms with Gasteiger partial charge in [0.1, 0.15) is 11.8 Å². The largest absolute Gasteiger partial charge is 0.481 e. The lowest BCUT2D eigenvalue weighted by atomic mass is 9.92. The van der Waals surface area contributed by atoms with Gasteiger partial charge in [0.05, 0.1) is 11.5 Å². The van der Waals surface area contributed by atoms with Gasteiger partial charge in [-0.25, -0.2) is 0 Å². The van der Waals surface area contributed by atoms with E-state index >= 15 is 0 Å². The van der Waals surface area contributed by atoms with Crippen molar-refractivity contribution in [2.75, 3.05) is 13.1 Å². The number of carbonyl (C=O) groups is 1. The van der Waals surface area contributed by atoms with E-state index in [9.17, 15) is 15.2 Å². The summed E-state index contributed by atoms with van der Waals surface area (Å²) in [6.45, 7) is 5.38. The summed E-state index contributed by atoms with van der Waals surface area (Å²) in [5.74, 6) is -0.253. The molecule has 0 spiro atoms. The molecule has 1 N–H and O–H groups in total. The number of likely N-dealkylation sites (tertiary alicyclic amines) is 1. The lowest BCUT2D eigenvalue weighted by molar-refractivity contribution is -0.148. The van der Waals surface area contributed by atoms with E-state index in [1.54, 1.807) is 0 Å². The molecule has 1 aliphatic carbocycles. The Morgan fingerprint density at radius 1 is 1.06 bits per heavy atom. The number of carboxylic acids is 1. The Morgan fingerprint density at radius 2 is 1.80 bits per heavy atom. The molecule has 1 atom stereocenters. The average Bonchev–Trinajstić information content (AvgIpc) is 3.41. The van der Waals surface area contributed by atoms with Crippen molar-refractivity contribution in [2.24, 2.45) is 5.92 Å². The van der Waals surface area contributed by atoms with Gasteiger partial charge in [-0.2, -0.15) is 5.26 Å². The third-order valence-electron chi connectivity index (χ3n) is 7.82. The van der Waals surface area contributed by atoms with Gasteiger partial charge in [0.15, 0.2) is 5.58 Å². The Bertz CT molecular complexity index is 1540. The molecule has 1 aromatic heterocycles. The van der Waals surface area contributed by atoms with Crippen molar-refractivity contribution in [2.45, 2.75) is 32.7 Å². The topological polar surface area (TPSA) is 77.5 Å². The highest BCUT2D eigenvalue weighted by molar-refractivity contribution is 5.91. The van der Waals surface area contributed by atoms with Crippen molar-refractivity contribution in [3.05, 3.63) is 82.4 Å². The number of aryl methyl sites for hydroxylation is 1. The minimum absolute atomic E-state index is 0.168. The average molecular weight is 463 g/mol. The van der Waals surface area contributed by atoms with E-state index in [2.05, 4.69) is 73.3 Å². The highest BCUT2D eigenvalue weighted by atomic mass is 16.4. The Morgan fingerprint density at radius 3 is 2.54 bits per heavy atom. The van der Waals surface area contributed by atoms with Crippen molar-refractivity contribution >= 4 is 16.9 Å². The third-order valence-corrected chi connectivity index (χ3v) is 7.82. The number of hydrogen-bond acceptors (Lipinski definition) is 4. The number of nitrogens with zero attached hydrogens (tertiary/aromatic N) is 2. The molecule has 5 heteroatoms. The van der Waals surface area contributed by atoms with Crippen LogP contribution in [0.4, 0.5) is 0 Å². The van der Waals surface area contributed by atoms with E-state index in [1.807, 2.05) is 6.07 Å². The van der Waals surface area contributed by atoms with Crippen molar-refractivity contribution in [3.63, 3.8) is 0 Å². The van der Waals surface area contributed by atoms with E-state index in [0.29, 0.717) is 24.2 Å². The SMILES string of the molecule is Cc1ccccc1-c1cccc(-c2cc3cc4c(c(C#N)c3o2)CCC4N2CC(C(=O)O)C2)c1C. The zero-order valence-corrected chi connectivity index (χ0v) is 19.8. The second-order valence-corrected chi connectivity index (χ2v) is 9.80. The molecule has 0 radical (unpaired) electrons. The summed E-state index contributed by atoms with van der Waals surface area (Å²) in [5, 5.41) is 20.3.